The fourth-order valence-electron chi connectivity index (χ4n) is 0.363. The Morgan fingerprint density at radius 1 is 1.88 bits per heavy atom. The van der Waals surface area contributed by atoms with E-state index >= 15 is 0 Å². The van der Waals surface area contributed by atoms with Gasteiger partial charge in [-0.2, -0.15) is 0 Å². The molecule has 1 N–H and O–H groups in total. The van der Waals surface area contributed by atoms with Crippen molar-refractivity contribution in [2.24, 2.45) is 0 Å². The van der Waals surface area contributed by atoms with E-state index in [1.54, 1.807) is 12.5 Å². The van der Waals surface area contributed by atoms with Gasteiger partial charge in [0.1, 0.15) is 0 Å². The van der Waals surface area contributed by atoms with Gasteiger partial charge in [-0.25, -0.2) is 0 Å². The van der Waals surface area contributed by atoms with Crippen molar-refractivity contribution >= 4 is 15.0 Å². The van der Waals surface area contributed by atoms with Crippen molar-refractivity contribution in [3.63, 3.8) is 0 Å². The van der Waals surface area contributed by atoms with E-state index in [1.165, 1.54) is 19.4 Å². The zero-order valence-corrected chi connectivity index (χ0v) is 7.58. The van der Waals surface area contributed by atoms with Gasteiger partial charge in [0.15, 0.2) is 0 Å². The minimum absolute atomic E-state index is 0.822. The molecule has 1 rings (SSSR count). The first kappa shape index (κ1) is 6.18. The van der Waals surface area contributed by atoms with Crippen molar-refractivity contribution in [3.8, 4) is 0 Å². The molecule has 0 spiro atoms. The summed E-state index contributed by atoms with van der Waals surface area (Å²) in [4.78, 5) is 6.67. The summed E-state index contributed by atoms with van der Waals surface area (Å²) in [6, 6.07) is 0. The molecule has 0 saturated carbocycles. The van der Waals surface area contributed by atoms with Gasteiger partial charge in [-0.1, -0.05) is 0 Å². The van der Waals surface area contributed by atoms with Crippen molar-refractivity contribution < 1.29 is 19.4 Å². The van der Waals surface area contributed by atoms with Crippen LogP contribution in [0.2, 0.25) is 0 Å². The summed E-state index contributed by atoms with van der Waals surface area (Å²) in [6.07, 6.45) is 3.32. The van der Waals surface area contributed by atoms with Gasteiger partial charge in [-0.15, -0.1) is 0 Å². The van der Waals surface area contributed by atoms with E-state index in [0.29, 0.717) is 0 Å². The molecule has 0 unspecified atom stereocenters. The second-order valence-electron chi connectivity index (χ2n) is 1.24. The summed E-state index contributed by atoms with van der Waals surface area (Å²) >= 11 is 6.88. The Hall–Kier alpha value is 0.0583. The number of nitrogens with zero attached hydrogens (tertiary/aromatic N) is 1. The normalized spacial score (nSPS) is 9.12. The van der Waals surface area contributed by atoms with Crippen LogP contribution in [0.15, 0.2) is 12.5 Å². The molecule has 42 valence electrons. The van der Waals surface area contributed by atoms with Crippen LogP contribution in [0.4, 0.5) is 0 Å². The van der Waals surface area contributed by atoms with E-state index in [0.717, 1.165) is 9.05 Å². The van der Waals surface area contributed by atoms with Crippen molar-refractivity contribution in [1.29, 1.82) is 0 Å². The second kappa shape index (κ2) is 2.56. The molecular weight excluding hydrogens is 295 g/mol. The van der Waals surface area contributed by atoms with Gasteiger partial charge in [0, 0.05) is 0 Å². The molecule has 0 aliphatic carbocycles. The van der Waals surface area contributed by atoms with Crippen molar-refractivity contribution in [3.05, 3.63) is 18.2 Å². The fourth-order valence-corrected chi connectivity index (χ4v) is 0.868. The van der Waals surface area contributed by atoms with Crippen LogP contribution in [0.3, 0.4) is 0 Å². The molecular formula is C4H3ClN2W. The second-order valence-corrected chi connectivity index (χ2v) is 3.98. The first-order valence-electron chi connectivity index (χ1n) is 1.99. The quantitative estimate of drug-likeness (QED) is 0.811. The molecule has 4 heteroatoms. The molecule has 0 atom stereocenters. The number of hydrogen-bond acceptors (Lipinski definition) is 1. The fraction of sp³-hybridized carbons (Fsp3) is 0. The Kier molecular flexibility index (Phi) is 1.98. The Bertz CT molecular complexity index is 182. The van der Waals surface area contributed by atoms with Gasteiger partial charge >= 0.3 is 62.5 Å². The first-order chi connectivity index (χ1) is 3.80. The Labute approximate surface area is 62.7 Å². The first-order valence-corrected chi connectivity index (χ1v) is 3.83. The van der Waals surface area contributed by atoms with Crippen LogP contribution in [0.25, 0.3) is 0 Å². The molecule has 0 aliphatic rings. The third-order valence-corrected chi connectivity index (χ3v) is 1.70. The third-order valence-electron chi connectivity index (χ3n) is 0.710. The Balaban J connectivity index is 2.93. The molecule has 2 nitrogen and oxygen atoms in total. The Morgan fingerprint density at radius 2 is 2.62 bits per heavy atom. The molecule has 0 aromatic carbocycles. The zero-order valence-electron chi connectivity index (χ0n) is 3.89. The van der Waals surface area contributed by atoms with E-state index in [2.05, 4.69) is 9.97 Å². The predicted octanol–water partition coefficient (Wildman–Crippen LogP) is 0.673. The van der Waals surface area contributed by atoms with Crippen LogP contribution >= 0.6 is 11.6 Å². The number of halogens is 1. The summed E-state index contributed by atoms with van der Waals surface area (Å²) in [5, 5.41) is 0. The van der Waals surface area contributed by atoms with Crippen molar-refractivity contribution in [2.45, 2.75) is 0 Å². The van der Waals surface area contributed by atoms with Gasteiger partial charge in [0.25, 0.3) is 0 Å². The van der Waals surface area contributed by atoms with Gasteiger partial charge in [-0.05, 0) is 0 Å². The van der Waals surface area contributed by atoms with Crippen LogP contribution in [-0.2, 0) is 19.4 Å². The third kappa shape index (κ3) is 1.27. The molecule has 1 aromatic heterocycles. The number of imidazole rings is 1. The predicted molar refractivity (Wildman–Crippen MR) is 28.5 cm³/mol. The summed E-state index contributed by atoms with van der Waals surface area (Å²) in [5.41, 5.74) is 0.918. The topological polar surface area (TPSA) is 28.7 Å². The number of rotatable bonds is 1. The maximum absolute atomic E-state index is 5.63. The van der Waals surface area contributed by atoms with Crippen LogP contribution in [0.5, 0.6) is 0 Å². The van der Waals surface area contributed by atoms with Gasteiger partial charge in [0.05, 0.1) is 0 Å². The zero-order chi connectivity index (χ0) is 5.98. The summed E-state index contributed by atoms with van der Waals surface area (Å²) in [6.45, 7) is 0. The van der Waals surface area contributed by atoms with Crippen LogP contribution in [0, 0.1) is 0 Å². The summed E-state index contributed by atoms with van der Waals surface area (Å²) < 4.78 is 0.822. The number of H-pyrrole nitrogens is 1. The van der Waals surface area contributed by atoms with E-state index in [-0.39, 0.29) is 0 Å². The van der Waals surface area contributed by atoms with E-state index < -0.39 is 0 Å². The van der Waals surface area contributed by atoms with Gasteiger partial charge in [-0.3, -0.25) is 0 Å². The van der Waals surface area contributed by atoms with Crippen LogP contribution in [-0.4, -0.2) is 13.3 Å². The summed E-state index contributed by atoms with van der Waals surface area (Å²) in [7, 11) is 0. The van der Waals surface area contributed by atoms with E-state index in [4.69, 9.17) is 11.6 Å². The number of aromatic amines is 1. The maximum atomic E-state index is 5.63. The van der Waals surface area contributed by atoms with Crippen molar-refractivity contribution in [1.82, 2.24) is 9.97 Å². The average molecular weight is 298 g/mol. The molecule has 0 fully saturated rings. The van der Waals surface area contributed by atoms with Crippen LogP contribution < -0.4 is 0 Å². The SMILES string of the molecule is Cl[C](=[W])c1cnc[nH]1. The summed E-state index contributed by atoms with van der Waals surface area (Å²) in [5.74, 6) is 0. The Morgan fingerprint density at radius 3 is 2.88 bits per heavy atom. The number of nitrogens with one attached hydrogen (secondary N) is 1. The molecule has 0 radical (unpaired) electrons. The van der Waals surface area contributed by atoms with E-state index in [9.17, 15) is 0 Å². The van der Waals surface area contributed by atoms with Gasteiger partial charge in [0.2, 0.25) is 0 Å². The van der Waals surface area contributed by atoms with Crippen LogP contribution in [0.1, 0.15) is 5.69 Å². The monoisotopic (exact) mass is 298 g/mol. The standard InChI is InChI=1S/C4H3ClN2.W/c5-1-4-2-6-3-7-4;/h2-3H,(H,6,7);. The van der Waals surface area contributed by atoms with E-state index in [1.807, 2.05) is 0 Å². The molecule has 0 saturated heterocycles. The number of hydrogen-bond donors (Lipinski definition) is 1. The van der Waals surface area contributed by atoms with Gasteiger partial charge < -0.3 is 0 Å². The molecule has 1 heterocycles. The number of aromatic nitrogens is 2. The molecule has 0 bridgehead atoms. The van der Waals surface area contributed by atoms with Crippen molar-refractivity contribution in [2.75, 3.05) is 0 Å². The minimum atomic E-state index is 0.822. The molecule has 1 aromatic rings. The molecule has 0 amide bonds. The molecule has 0 aliphatic heterocycles. The molecule has 8 heavy (non-hydrogen) atoms. The average Bonchev–Trinajstić information content (AvgIpc) is 2.12.